The van der Waals surface area contributed by atoms with E-state index >= 15 is 0 Å². The highest BCUT2D eigenvalue weighted by Gasteiger charge is 2.15. The van der Waals surface area contributed by atoms with Crippen LogP contribution < -0.4 is 15.9 Å². The molecule has 1 amide bonds. The number of thioether (sulfide) groups is 1. The Hall–Kier alpha value is -1.56. The topological polar surface area (TPSA) is 95.1 Å². The van der Waals surface area contributed by atoms with Gasteiger partial charge in [0.1, 0.15) is 5.75 Å². The molecule has 29 heavy (non-hydrogen) atoms. The molecule has 0 saturated heterocycles. The summed E-state index contributed by atoms with van der Waals surface area (Å²) in [5, 5.41) is 11.5. The highest BCUT2D eigenvalue weighted by Crippen LogP contribution is 2.34. The van der Waals surface area contributed by atoms with Crippen LogP contribution in [-0.2, 0) is 4.79 Å². The fourth-order valence-corrected chi connectivity index (χ4v) is 5.52. The van der Waals surface area contributed by atoms with Gasteiger partial charge < -0.3 is 15.9 Å². The molecular weight excluding hydrogens is 590 g/mol. The Labute approximate surface area is 197 Å². The fraction of sp³-hybridized carbons (Fsp3) is 0.167. The summed E-state index contributed by atoms with van der Waals surface area (Å²) in [4.78, 5) is 12.4. The van der Waals surface area contributed by atoms with Crippen molar-refractivity contribution in [3.05, 3.63) is 49.8 Å². The van der Waals surface area contributed by atoms with Gasteiger partial charge in [-0.25, -0.2) is 4.68 Å². The van der Waals surface area contributed by atoms with Crippen LogP contribution in [-0.4, -0.2) is 33.1 Å². The molecule has 3 aromatic rings. The van der Waals surface area contributed by atoms with E-state index in [-0.39, 0.29) is 11.7 Å². The number of amides is 1. The highest BCUT2D eigenvalue weighted by molar-refractivity contribution is 9.11. The average Bonchev–Trinajstić information content (AvgIpc) is 3.04. The molecule has 0 fully saturated rings. The second-order valence-corrected chi connectivity index (χ2v) is 9.28. The Morgan fingerprint density at radius 3 is 2.45 bits per heavy atom. The number of anilines is 1. The van der Waals surface area contributed by atoms with E-state index in [0.29, 0.717) is 23.3 Å². The Balaban J connectivity index is 1.65. The molecule has 2 aromatic carbocycles. The van der Waals surface area contributed by atoms with Crippen molar-refractivity contribution >= 4 is 71.1 Å². The molecule has 3 N–H and O–H groups in total. The second kappa shape index (κ2) is 9.96. The maximum atomic E-state index is 12.4. The van der Waals surface area contributed by atoms with Gasteiger partial charge in [-0.3, -0.25) is 4.79 Å². The Bertz CT molecular complexity index is 1000. The van der Waals surface area contributed by atoms with E-state index in [1.165, 1.54) is 16.4 Å². The smallest absolute Gasteiger partial charge is 0.234 e. The number of benzene rings is 2. The van der Waals surface area contributed by atoms with Gasteiger partial charge in [-0.05, 0) is 75.2 Å². The predicted octanol–water partition coefficient (Wildman–Crippen LogP) is 5.08. The maximum Gasteiger partial charge on any atom is 0.234 e. The minimum Gasteiger partial charge on any atom is -0.494 e. The molecule has 7 nitrogen and oxygen atoms in total. The molecule has 0 aliphatic rings. The zero-order valence-corrected chi connectivity index (χ0v) is 20.7. The monoisotopic (exact) mass is 603 g/mol. The van der Waals surface area contributed by atoms with Gasteiger partial charge in [-0.2, -0.15) is 0 Å². The molecule has 0 aliphatic carbocycles. The van der Waals surface area contributed by atoms with Crippen molar-refractivity contribution in [3.8, 4) is 17.1 Å². The molecule has 0 radical (unpaired) electrons. The van der Waals surface area contributed by atoms with Crippen LogP contribution in [0.1, 0.15) is 6.92 Å². The van der Waals surface area contributed by atoms with Crippen molar-refractivity contribution < 1.29 is 9.53 Å². The maximum absolute atomic E-state index is 12.4. The third kappa shape index (κ3) is 5.53. The third-order valence-corrected chi connectivity index (χ3v) is 6.34. The van der Waals surface area contributed by atoms with Crippen molar-refractivity contribution in [2.24, 2.45) is 0 Å². The van der Waals surface area contributed by atoms with E-state index in [0.717, 1.165) is 24.7 Å². The first-order valence-electron chi connectivity index (χ1n) is 8.40. The number of carbonyl (C=O) groups excluding carboxylic acids is 1. The minimum absolute atomic E-state index is 0.132. The van der Waals surface area contributed by atoms with Crippen LogP contribution in [0.5, 0.6) is 5.75 Å². The Kier molecular flexibility index (Phi) is 7.60. The first kappa shape index (κ1) is 22.1. The van der Waals surface area contributed by atoms with Crippen molar-refractivity contribution in [2.75, 3.05) is 23.5 Å². The van der Waals surface area contributed by atoms with Crippen LogP contribution in [0.25, 0.3) is 11.4 Å². The number of hydrogen-bond acceptors (Lipinski definition) is 6. The van der Waals surface area contributed by atoms with Crippen molar-refractivity contribution in [1.29, 1.82) is 0 Å². The van der Waals surface area contributed by atoms with Crippen LogP contribution in [0.4, 0.5) is 5.69 Å². The standard InChI is InChI=1S/C18H16Br3N5O2S/c1-2-28-12-5-3-10(4-6-12)17-24-25-18(26(17)22)29-9-15(27)23-16-13(20)7-11(19)8-14(16)21/h3-8H,2,9,22H2,1H3,(H,23,27). The number of aromatic nitrogens is 3. The van der Waals surface area contributed by atoms with E-state index in [2.05, 4.69) is 63.3 Å². The minimum atomic E-state index is -0.190. The van der Waals surface area contributed by atoms with Gasteiger partial charge in [-0.1, -0.05) is 27.7 Å². The lowest BCUT2D eigenvalue weighted by Crippen LogP contribution is -2.17. The summed E-state index contributed by atoms with van der Waals surface area (Å²) in [5.41, 5.74) is 1.46. The summed E-state index contributed by atoms with van der Waals surface area (Å²) in [7, 11) is 0. The first-order valence-corrected chi connectivity index (χ1v) is 11.8. The average molecular weight is 606 g/mol. The van der Waals surface area contributed by atoms with E-state index in [1.807, 2.05) is 43.3 Å². The van der Waals surface area contributed by atoms with Crippen LogP contribution in [0, 0.1) is 0 Å². The summed E-state index contributed by atoms with van der Waals surface area (Å²) >= 11 is 11.5. The van der Waals surface area contributed by atoms with Crippen LogP contribution in [0.15, 0.2) is 55.0 Å². The fourth-order valence-electron chi connectivity index (χ4n) is 2.41. The number of nitrogens with zero attached hydrogens (tertiary/aromatic N) is 3. The van der Waals surface area contributed by atoms with Gasteiger partial charge in [0.2, 0.25) is 11.1 Å². The number of nitrogens with two attached hydrogens (primary N) is 1. The predicted molar refractivity (Wildman–Crippen MR) is 126 cm³/mol. The summed E-state index contributed by atoms with van der Waals surface area (Å²) in [6.45, 7) is 2.53. The molecule has 0 saturated carbocycles. The third-order valence-electron chi connectivity index (χ3n) is 3.69. The highest BCUT2D eigenvalue weighted by atomic mass is 79.9. The number of nitrogen functional groups attached to an aromatic ring is 1. The number of nitrogens with one attached hydrogen (secondary N) is 1. The SMILES string of the molecule is CCOc1ccc(-c2nnc(SCC(=O)Nc3c(Br)cc(Br)cc3Br)n2N)cc1. The second-order valence-electron chi connectivity index (χ2n) is 5.71. The number of carbonyl (C=O) groups is 1. The summed E-state index contributed by atoms with van der Waals surface area (Å²) in [6.07, 6.45) is 0. The van der Waals surface area contributed by atoms with Crippen molar-refractivity contribution in [1.82, 2.24) is 14.9 Å². The Morgan fingerprint density at radius 2 is 1.83 bits per heavy atom. The molecule has 152 valence electrons. The van der Waals surface area contributed by atoms with E-state index in [9.17, 15) is 4.79 Å². The molecule has 0 unspecified atom stereocenters. The zero-order chi connectivity index (χ0) is 21.0. The van der Waals surface area contributed by atoms with E-state index in [4.69, 9.17) is 10.6 Å². The quantitative estimate of drug-likeness (QED) is 0.288. The van der Waals surface area contributed by atoms with E-state index in [1.54, 1.807) is 0 Å². The zero-order valence-electron chi connectivity index (χ0n) is 15.2. The van der Waals surface area contributed by atoms with Crippen LogP contribution in [0.3, 0.4) is 0 Å². The van der Waals surface area contributed by atoms with Gasteiger partial charge in [-0.15, -0.1) is 10.2 Å². The summed E-state index contributed by atoms with van der Waals surface area (Å²) in [5.74, 6) is 7.35. The normalized spacial score (nSPS) is 10.8. The Morgan fingerprint density at radius 1 is 1.17 bits per heavy atom. The molecule has 0 spiro atoms. The number of hydrogen-bond donors (Lipinski definition) is 2. The number of ether oxygens (including phenoxy) is 1. The summed E-state index contributed by atoms with van der Waals surface area (Å²) < 4.78 is 9.22. The largest absolute Gasteiger partial charge is 0.494 e. The van der Waals surface area contributed by atoms with Gasteiger partial charge in [0.05, 0.1) is 18.0 Å². The molecule has 3 rings (SSSR count). The lowest BCUT2D eigenvalue weighted by atomic mass is 10.2. The molecule has 0 bridgehead atoms. The molecule has 1 heterocycles. The number of rotatable bonds is 7. The first-order chi connectivity index (χ1) is 13.9. The molecule has 1 aromatic heterocycles. The number of halogens is 3. The summed E-state index contributed by atoms with van der Waals surface area (Å²) in [6, 6.07) is 11.1. The molecule has 0 aliphatic heterocycles. The van der Waals surface area contributed by atoms with E-state index < -0.39 is 0 Å². The lowest BCUT2D eigenvalue weighted by molar-refractivity contribution is -0.113. The van der Waals surface area contributed by atoms with Gasteiger partial charge in [0.15, 0.2) is 5.82 Å². The molecule has 11 heteroatoms. The lowest BCUT2D eigenvalue weighted by Gasteiger charge is -2.10. The van der Waals surface area contributed by atoms with Gasteiger partial charge in [0, 0.05) is 19.0 Å². The van der Waals surface area contributed by atoms with Crippen molar-refractivity contribution in [3.63, 3.8) is 0 Å². The molecular formula is C18H16Br3N5O2S. The van der Waals surface area contributed by atoms with Crippen LogP contribution >= 0.6 is 59.6 Å². The van der Waals surface area contributed by atoms with Crippen molar-refractivity contribution in [2.45, 2.75) is 12.1 Å². The molecule has 0 atom stereocenters. The van der Waals surface area contributed by atoms with Gasteiger partial charge >= 0.3 is 0 Å². The van der Waals surface area contributed by atoms with Crippen LogP contribution in [0.2, 0.25) is 0 Å². The van der Waals surface area contributed by atoms with Gasteiger partial charge in [0.25, 0.3) is 0 Å².